The molecule has 4 heteroatoms. The zero-order valence-electron chi connectivity index (χ0n) is 10.7. The fourth-order valence-electron chi connectivity index (χ4n) is 2.25. The maximum Gasteiger partial charge on any atom is 0.232 e. The van der Waals surface area contributed by atoms with Crippen molar-refractivity contribution in [2.24, 2.45) is 5.41 Å². The Morgan fingerprint density at radius 1 is 1.44 bits per heavy atom. The van der Waals surface area contributed by atoms with Gasteiger partial charge < -0.3 is 4.90 Å². The van der Waals surface area contributed by atoms with Crippen LogP contribution in [-0.2, 0) is 4.79 Å². The number of halogens is 1. The maximum absolute atomic E-state index is 13.9. The van der Waals surface area contributed by atoms with Gasteiger partial charge in [0.15, 0.2) is 0 Å². The first-order valence-electron chi connectivity index (χ1n) is 5.89. The van der Waals surface area contributed by atoms with E-state index >= 15 is 0 Å². The summed E-state index contributed by atoms with van der Waals surface area (Å²) < 4.78 is 13.9. The molecule has 1 fully saturated rings. The second-order valence-electron chi connectivity index (χ2n) is 5.27. The molecule has 2 rings (SSSR count). The lowest BCUT2D eigenvalue weighted by Gasteiger charge is -2.21. The molecule has 1 aromatic carbocycles. The predicted octanol–water partition coefficient (Wildman–Crippen LogP) is 2.77. The van der Waals surface area contributed by atoms with Crippen molar-refractivity contribution in [3.63, 3.8) is 0 Å². The number of amides is 1. The SMILES string of the molecule is Cc1c(N2CCC(C)(C)C2=O)ccc(C#N)c1F. The monoisotopic (exact) mass is 246 g/mol. The number of nitrogens with zero attached hydrogens (tertiary/aromatic N) is 2. The number of anilines is 1. The van der Waals surface area contributed by atoms with Gasteiger partial charge in [-0.3, -0.25) is 4.79 Å². The third-order valence-electron chi connectivity index (χ3n) is 3.55. The van der Waals surface area contributed by atoms with Crippen molar-refractivity contribution < 1.29 is 9.18 Å². The summed E-state index contributed by atoms with van der Waals surface area (Å²) in [7, 11) is 0. The first-order chi connectivity index (χ1) is 8.38. The Morgan fingerprint density at radius 2 is 2.11 bits per heavy atom. The molecule has 18 heavy (non-hydrogen) atoms. The van der Waals surface area contributed by atoms with E-state index in [1.807, 2.05) is 13.8 Å². The molecule has 0 unspecified atom stereocenters. The number of carbonyl (C=O) groups excluding carboxylic acids is 1. The van der Waals surface area contributed by atoms with Gasteiger partial charge in [0, 0.05) is 23.2 Å². The lowest BCUT2D eigenvalue weighted by atomic mass is 9.92. The van der Waals surface area contributed by atoms with Crippen molar-refractivity contribution in [1.82, 2.24) is 0 Å². The number of nitriles is 1. The normalized spacial score (nSPS) is 17.9. The number of rotatable bonds is 1. The van der Waals surface area contributed by atoms with Crippen LogP contribution in [0, 0.1) is 29.5 Å². The van der Waals surface area contributed by atoms with Crippen LogP contribution in [-0.4, -0.2) is 12.5 Å². The van der Waals surface area contributed by atoms with Gasteiger partial charge in [0.05, 0.1) is 5.56 Å². The van der Waals surface area contributed by atoms with Crippen molar-refractivity contribution >= 4 is 11.6 Å². The molecule has 0 aromatic heterocycles. The van der Waals surface area contributed by atoms with E-state index in [0.29, 0.717) is 17.8 Å². The van der Waals surface area contributed by atoms with Crippen LogP contribution in [0.15, 0.2) is 12.1 Å². The van der Waals surface area contributed by atoms with Gasteiger partial charge in [0.1, 0.15) is 11.9 Å². The summed E-state index contributed by atoms with van der Waals surface area (Å²) in [5, 5.41) is 8.76. The van der Waals surface area contributed by atoms with Gasteiger partial charge in [0.2, 0.25) is 5.91 Å². The molecule has 3 nitrogen and oxygen atoms in total. The molecule has 1 amide bonds. The minimum Gasteiger partial charge on any atom is -0.312 e. The second kappa shape index (κ2) is 4.09. The topological polar surface area (TPSA) is 44.1 Å². The fourth-order valence-corrected chi connectivity index (χ4v) is 2.25. The highest BCUT2D eigenvalue weighted by Gasteiger charge is 2.39. The lowest BCUT2D eigenvalue weighted by Crippen LogP contribution is -2.31. The zero-order valence-corrected chi connectivity index (χ0v) is 10.7. The van der Waals surface area contributed by atoms with Gasteiger partial charge in [0.25, 0.3) is 0 Å². The second-order valence-corrected chi connectivity index (χ2v) is 5.27. The van der Waals surface area contributed by atoms with Crippen molar-refractivity contribution in [1.29, 1.82) is 5.26 Å². The quantitative estimate of drug-likeness (QED) is 0.764. The van der Waals surface area contributed by atoms with Crippen LogP contribution in [0.2, 0.25) is 0 Å². The highest BCUT2D eigenvalue weighted by Crippen LogP contribution is 2.36. The van der Waals surface area contributed by atoms with Gasteiger partial charge in [-0.25, -0.2) is 4.39 Å². The molecular weight excluding hydrogens is 231 g/mol. The van der Waals surface area contributed by atoms with Gasteiger partial charge in [-0.15, -0.1) is 0 Å². The van der Waals surface area contributed by atoms with E-state index in [4.69, 9.17) is 5.26 Å². The van der Waals surface area contributed by atoms with Gasteiger partial charge in [-0.1, -0.05) is 13.8 Å². The number of hydrogen-bond acceptors (Lipinski definition) is 2. The van der Waals surface area contributed by atoms with Crippen LogP contribution in [0.5, 0.6) is 0 Å². The Bertz CT molecular complexity index is 558. The van der Waals surface area contributed by atoms with E-state index in [2.05, 4.69) is 0 Å². The molecule has 0 spiro atoms. The summed E-state index contributed by atoms with van der Waals surface area (Å²) in [4.78, 5) is 13.8. The zero-order chi connectivity index (χ0) is 13.5. The fraction of sp³-hybridized carbons (Fsp3) is 0.429. The van der Waals surface area contributed by atoms with Crippen molar-refractivity contribution in [2.45, 2.75) is 27.2 Å². The molecule has 0 N–H and O–H groups in total. The van der Waals surface area contributed by atoms with Crippen molar-refractivity contribution in [3.8, 4) is 6.07 Å². The Kier molecular flexibility index (Phi) is 2.86. The minimum absolute atomic E-state index is 0.00899. The van der Waals surface area contributed by atoms with Crippen LogP contribution < -0.4 is 4.90 Å². The molecule has 0 radical (unpaired) electrons. The number of benzene rings is 1. The molecule has 1 aliphatic rings. The molecule has 0 saturated carbocycles. The summed E-state index contributed by atoms with van der Waals surface area (Å²) in [5.74, 6) is -0.526. The van der Waals surface area contributed by atoms with E-state index in [9.17, 15) is 9.18 Å². The average Bonchev–Trinajstić information content (AvgIpc) is 2.59. The highest BCUT2D eigenvalue weighted by molar-refractivity contribution is 6.00. The largest absolute Gasteiger partial charge is 0.312 e. The molecule has 0 aliphatic carbocycles. The molecule has 1 aliphatic heterocycles. The predicted molar refractivity (Wildman–Crippen MR) is 66.6 cm³/mol. The van der Waals surface area contributed by atoms with Crippen LogP contribution >= 0.6 is 0 Å². The average molecular weight is 246 g/mol. The van der Waals surface area contributed by atoms with E-state index in [0.717, 1.165) is 6.42 Å². The highest BCUT2D eigenvalue weighted by atomic mass is 19.1. The molecule has 1 aromatic rings. The molecule has 94 valence electrons. The van der Waals surface area contributed by atoms with E-state index < -0.39 is 11.2 Å². The third-order valence-corrected chi connectivity index (χ3v) is 3.55. The Labute approximate surface area is 106 Å². The minimum atomic E-state index is -0.535. The van der Waals surface area contributed by atoms with E-state index in [1.165, 1.54) is 6.07 Å². The first-order valence-corrected chi connectivity index (χ1v) is 5.89. The van der Waals surface area contributed by atoms with Crippen molar-refractivity contribution in [2.75, 3.05) is 11.4 Å². The molecular formula is C14H15FN2O. The number of carbonyl (C=O) groups is 1. The maximum atomic E-state index is 13.9. The van der Waals surface area contributed by atoms with Crippen LogP contribution in [0.1, 0.15) is 31.4 Å². The summed E-state index contributed by atoms with van der Waals surface area (Å²) in [6.45, 7) is 5.98. The third kappa shape index (κ3) is 1.76. The van der Waals surface area contributed by atoms with Gasteiger partial charge in [-0.05, 0) is 25.5 Å². The lowest BCUT2D eigenvalue weighted by molar-refractivity contribution is -0.123. The summed E-state index contributed by atoms with van der Waals surface area (Å²) in [6.07, 6.45) is 0.757. The summed E-state index contributed by atoms with van der Waals surface area (Å²) in [5.41, 5.74) is 0.556. The van der Waals surface area contributed by atoms with E-state index in [1.54, 1.807) is 24.0 Å². The molecule has 0 bridgehead atoms. The number of hydrogen-bond donors (Lipinski definition) is 0. The first kappa shape index (κ1) is 12.6. The Balaban J connectivity index is 2.46. The molecule has 1 heterocycles. The van der Waals surface area contributed by atoms with Gasteiger partial charge >= 0.3 is 0 Å². The standard InChI is InChI=1S/C14H15FN2O/c1-9-11(5-4-10(8-16)12(9)15)17-7-6-14(2,3)13(17)18/h4-5H,6-7H2,1-3H3. The summed E-state index contributed by atoms with van der Waals surface area (Å²) >= 11 is 0. The molecule has 0 atom stereocenters. The smallest absolute Gasteiger partial charge is 0.232 e. The van der Waals surface area contributed by atoms with Crippen LogP contribution in [0.4, 0.5) is 10.1 Å². The Hall–Kier alpha value is -1.89. The van der Waals surface area contributed by atoms with E-state index in [-0.39, 0.29) is 11.5 Å². The summed E-state index contributed by atoms with van der Waals surface area (Å²) in [6, 6.07) is 4.88. The molecule has 1 saturated heterocycles. The van der Waals surface area contributed by atoms with Crippen LogP contribution in [0.25, 0.3) is 0 Å². The Morgan fingerprint density at radius 3 is 2.61 bits per heavy atom. The van der Waals surface area contributed by atoms with Crippen LogP contribution in [0.3, 0.4) is 0 Å². The van der Waals surface area contributed by atoms with Crippen molar-refractivity contribution in [3.05, 3.63) is 29.1 Å². The van der Waals surface area contributed by atoms with Gasteiger partial charge in [-0.2, -0.15) is 5.26 Å².